The molecule has 10 aromatic rings. The van der Waals surface area contributed by atoms with E-state index >= 15 is 0 Å². The monoisotopic (exact) mass is 706 g/mol. The van der Waals surface area contributed by atoms with E-state index in [1.54, 1.807) is 8.97 Å². The van der Waals surface area contributed by atoms with Gasteiger partial charge < -0.3 is 4.90 Å². The van der Waals surface area contributed by atoms with Crippen LogP contribution >= 0.6 is 0 Å². The van der Waals surface area contributed by atoms with Gasteiger partial charge in [0, 0.05) is 22.4 Å². The Balaban J connectivity index is 1.08. The first-order chi connectivity index (χ1) is 27.2. The van der Waals surface area contributed by atoms with Crippen LogP contribution in [-0.2, 0) is 0 Å². The van der Waals surface area contributed by atoms with E-state index in [9.17, 15) is 4.79 Å². The van der Waals surface area contributed by atoms with Crippen molar-refractivity contribution in [1.82, 2.24) is 14.0 Å². The van der Waals surface area contributed by atoms with Gasteiger partial charge in [-0.3, -0.25) is 4.57 Å². The van der Waals surface area contributed by atoms with E-state index in [0.29, 0.717) is 5.65 Å². The number of hydrogen-bond donors (Lipinski definition) is 0. The van der Waals surface area contributed by atoms with E-state index in [1.807, 2.05) is 66.7 Å². The molecule has 0 saturated heterocycles. The summed E-state index contributed by atoms with van der Waals surface area (Å²) >= 11 is 0. The molecule has 0 N–H and O–H groups in total. The van der Waals surface area contributed by atoms with Gasteiger partial charge in [-0.25, -0.2) is 14.2 Å². The van der Waals surface area contributed by atoms with Crippen LogP contribution in [0.2, 0.25) is 0 Å². The molecule has 0 aliphatic carbocycles. The molecule has 0 spiro atoms. The van der Waals surface area contributed by atoms with Gasteiger partial charge in [0.15, 0.2) is 5.65 Å². The van der Waals surface area contributed by atoms with E-state index < -0.39 is 0 Å². The number of benzene rings is 8. The number of rotatable bonds is 7. The van der Waals surface area contributed by atoms with Gasteiger partial charge in [-0.05, 0) is 106 Å². The molecule has 2 heterocycles. The van der Waals surface area contributed by atoms with Gasteiger partial charge in [-0.1, -0.05) is 133 Å². The molecule has 260 valence electrons. The van der Waals surface area contributed by atoms with Crippen molar-refractivity contribution in [3.8, 4) is 39.1 Å². The van der Waals surface area contributed by atoms with Crippen molar-refractivity contribution >= 4 is 44.6 Å². The zero-order valence-electron chi connectivity index (χ0n) is 29.8. The lowest BCUT2D eigenvalue weighted by molar-refractivity contribution is 0.932. The zero-order valence-corrected chi connectivity index (χ0v) is 29.8. The largest absolute Gasteiger partial charge is 0.339 e. The number of aromatic nitrogens is 3. The summed E-state index contributed by atoms with van der Waals surface area (Å²) < 4.78 is 3.53. The fraction of sp³-hybridized carbons (Fsp3) is 0. The number of anilines is 3. The van der Waals surface area contributed by atoms with Crippen molar-refractivity contribution in [1.29, 1.82) is 0 Å². The summed E-state index contributed by atoms with van der Waals surface area (Å²) in [4.78, 5) is 21.5. The van der Waals surface area contributed by atoms with Gasteiger partial charge in [0.1, 0.15) is 0 Å². The first-order valence-corrected chi connectivity index (χ1v) is 18.4. The second-order valence-corrected chi connectivity index (χ2v) is 13.7. The second-order valence-electron chi connectivity index (χ2n) is 13.7. The lowest BCUT2D eigenvalue weighted by Crippen LogP contribution is -2.25. The van der Waals surface area contributed by atoms with Crippen molar-refractivity contribution in [2.45, 2.75) is 0 Å². The third-order valence-electron chi connectivity index (χ3n) is 10.4. The van der Waals surface area contributed by atoms with E-state index in [2.05, 4.69) is 144 Å². The molecule has 0 atom stereocenters. The fourth-order valence-electron chi connectivity index (χ4n) is 7.63. The summed E-state index contributed by atoms with van der Waals surface area (Å²) in [5, 5.41) is 0.907. The molecule has 8 aromatic carbocycles. The molecule has 0 fully saturated rings. The number of imidazole rings is 1. The Morgan fingerprint density at radius 1 is 0.400 bits per heavy atom. The molecule has 5 heteroatoms. The molecule has 0 bridgehead atoms. The summed E-state index contributed by atoms with van der Waals surface area (Å²) in [6.07, 6.45) is 0. The molecule has 0 unspecified atom stereocenters. The van der Waals surface area contributed by atoms with Crippen molar-refractivity contribution in [3.05, 3.63) is 217 Å². The highest BCUT2D eigenvalue weighted by Gasteiger charge is 2.18. The van der Waals surface area contributed by atoms with Crippen LogP contribution in [0.5, 0.6) is 0 Å². The van der Waals surface area contributed by atoms with Crippen LogP contribution in [0.4, 0.5) is 17.1 Å². The Kier molecular flexibility index (Phi) is 7.89. The molecule has 0 aliphatic rings. The Morgan fingerprint density at radius 3 is 1.38 bits per heavy atom. The summed E-state index contributed by atoms with van der Waals surface area (Å²) in [7, 11) is 0. The minimum absolute atomic E-state index is 0.151. The quantitative estimate of drug-likeness (QED) is 0.166. The van der Waals surface area contributed by atoms with Crippen LogP contribution in [0.3, 0.4) is 0 Å². The van der Waals surface area contributed by atoms with Crippen molar-refractivity contribution in [2.75, 3.05) is 4.90 Å². The maximum absolute atomic E-state index is 14.3. The van der Waals surface area contributed by atoms with Crippen LogP contribution in [0.1, 0.15) is 0 Å². The van der Waals surface area contributed by atoms with E-state index in [1.165, 1.54) is 22.3 Å². The number of para-hydroxylation sites is 3. The second kappa shape index (κ2) is 13.5. The summed E-state index contributed by atoms with van der Waals surface area (Å²) in [6, 6.07) is 71.0. The molecule has 0 radical (unpaired) electrons. The molecule has 55 heavy (non-hydrogen) atoms. The predicted molar refractivity (Wildman–Crippen MR) is 227 cm³/mol. The number of nitrogens with zero attached hydrogens (tertiary/aromatic N) is 4. The minimum Gasteiger partial charge on any atom is -0.311 e. The highest BCUT2D eigenvalue weighted by Crippen LogP contribution is 2.38. The maximum Gasteiger partial charge on any atom is 0.339 e. The fourth-order valence-corrected chi connectivity index (χ4v) is 7.63. The Labute approximate surface area is 318 Å². The first kappa shape index (κ1) is 32.2. The maximum atomic E-state index is 14.3. The molecule has 0 aliphatic heterocycles. The molecule has 2 aromatic heterocycles. The molecule has 0 saturated carbocycles. The Bertz CT molecular complexity index is 2920. The molecule has 5 nitrogen and oxygen atoms in total. The predicted octanol–water partition coefficient (Wildman–Crippen LogP) is 12.3. The molecule has 10 rings (SSSR count). The average Bonchev–Trinajstić information content (AvgIpc) is 3.66. The van der Waals surface area contributed by atoms with Gasteiger partial charge in [-0.15, -0.1) is 0 Å². The highest BCUT2D eigenvalue weighted by molar-refractivity contribution is 5.99. The minimum atomic E-state index is -0.151. The summed E-state index contributed by atoms with van der Waals surface area (Å²) in [5.74, 6) is 0. The smallest absolute Gasteiger partial charge is 0.311 e. The average molecular weight is 707 g/mol. The lowest BCUT2D eigenvalue weighted by atomic mass is 10.0. The van der Waals surface area contributed by atoms with Gasteiger partial charge in [0.2, 0.25) is 0 Å². The normalized spacial score (nSPS) is 11.3. The van der Waals surface area contributed by atoms with Crippen LogP contribution in [-0.4, -0.2) is 14.0 Å². The zero-order chi connectivity index (χ0) is 36.7. The van der Waals surface area contributed by atoms with Crippen LogP contribution in [0.25, 0.3) is 66.7 Å². The molecule has 0 amide bonds. The molecular formula is C50H34N4O. The molecular weight excluding hydrogens is 673 g/mol. The number of hydrogen-bond acceptors (Lipinski definition) is 3. The Morgan fingerprint density at radius 2 is 0.836 bits per heavy atom. The van der Waals surface area contributed by atoms with E-state index in [4.69, 9.17) is 4.98 Å². The summed E-state index contributed by atoms with van der Waals surface area (Å²) in [5.41, 5.74) is 13.6. The lowest BCUT2D eigenvalue weighted by Gasteiger charge is -2.26. The highest BCUT2D eigenvalue weighted by atomic mass is 16.1. The number of fused-ring (bicyclic) bond motifs is 5. The topological polar surface area (TPSA) is 42.5 Å². The van der Waals surface area contributed by atoms with E-state index in [0.717, 1.165) is 55.8 Å². The van der Waals surface area contributed by atoms with Gasteiger partial charge >= 0.3 is 5.69 Å². The SMILES string of the molecule is O=c1n(-c2ccccc2)c2cc(-c3ccc(N(c4ccc(-c5ccccc5)cc4)c4ccc(-c5ccccc5)cc4)cc3)ccc2c2nc3ccccc3n12. The Hall–Kier alpha value is -7.50. The van der Waals surface area contributed by atoms with Crippen LogP contribution in [0.15, 0.2) is 211 Å². The third-order valence-corrected chi connectivity index (χ3v) is 10.4. The third kappa shape index (κ3) is 5.75. The van der Waals surface area contributed by atoms with Gasteiger partial charge in [-0.2, -0.15) is 0 Å². The van der Waals surface area contributed by atoms with Gasteiger partial charge in [0.25, 0.3) is 0 Å². The van der Waals surface area contributed by atoms with Crippen molar-refractivity contribution in [3.63, 3.8) is 0 Å². The van der Waals surface area contributed by atoms with Gasteiger partial charge in [0.05, 0.1) is 22.2 Å². The summed E-state index contributed by atoms with van der Waals surface area (Å²) in [6.45, 7) is 0. The van der Waals surface area contributed by atoms with E-state index in [-0.39, 0.29) is 5.69 Å². The first-order valence-electron chi connectivity index (χ1n) is 18.4. The standard InChI is InChI=1S/C50H34N4O/c55-50-53(41-16-8-3-9-17-41)48-34-40(26-33-45(48)49-51-46-18-10-11-19-47(46)54(49)50)39-24-31-44(32-25-39)52(42-27-20-37(21-28-42)35-12-4-1-5-13-35)43-29-22-38(23-30-43)36-14-6-2-7-15-36/h1-34H. The van der Waals surface area contributed by atoms with Crippen molar-refractivity contribution in [2.24, 2.45) is 0 Å². The van der Waals surface area contributed by atoms with Crippen LogP contribution < -0.4 is 10.6 Å². The van der Waals surface area contributed by atoms with Crippen molar-refractivity contribution < 1.29 is 0 Å². The van der Waals surface area contributed by atoms with Crippen LogP contribution in [0, 0.1) is 0 Å².